The van der Waals surface area contributed by atoms with Gasteiger partial charge in [0.15, 0.2) is 0 Å². The molecular formula is C24H28ClN3O2. The quantitative estimate of drug-likeness (QED) is 0.539. The van der Waals surface area contributed by atoms with E-state index >= 15 is 0 Å². The van der Waals surface area contributed by atoms with Crippen molar-refractivity contribution in [3.05, 3.63) is 82.6 Å². The molecule has 3 aromatic rings. The lowest BCUT2D eigenvalue weighted by Gasteiger charge is -2.32. The van der Waals surface area contributed by atoms with Crippen molar-refractivity contribution >= 4 is 11.6 Å². The summed E-state index contributed by atoms with van der Waals surface area (Å²) < 4.78 is 13.8. The Bertz CT molecular complexity index is 927. The second kappa shape index (κ2) is 10.1. The molecule has 4 rings (SSSR count). The summed E-state index contributed by atoms with van der Waals surface area (Å²) in [4.78, 5) is 2.47. The van der Waals surface area contributed by atoms with Crippen molar-refractivity contribution in [2.45, 2.75) is 18.9 Å². The fraction of sp³-hybridized carbons (Fsp3) is 0.375. The van der Waals surface area contributed by atoms with Crippen LogP contribution in [0.2, 0.25) is 5.02 Å². The highest BCUT2D eigenvalue weighted by molar-refractivity contribution is 6.30. The minimum Gasteiger partial charge on any atom is -0.493 e. The smallest absolute Gasteiger partial charge is 0.119 e. The standard InChI is InChI=1S/C24H28ClN3O2/c1-27-21(12-15-29-22-9-7-20(25)8-10-22)17-23(26-27)24-18-28(14-16-30-24)13-11-19-5-3-2-4-6-19/h2-10,17,24H,11-16,18H2,1H3/t24-/m1/s1. The summed E-state index contributed by atoms with van der Waals surface area (Å²) >= 11 is 5.92. The second-order valence-electron chi connectivity index (χ2n) is 7.63. The summed E-state index contributed by atoms with van der Waals surface area (Å²) in [5.41, 5.74) is 3.52. The fourth-order valence-electron chi connectivity index (χ4n) is 3.74. The van der Waals surface area contributed by atoms with Crippen molar-refractivity contribution < 1.29 is 9.47 Å². The van der Waals surface area contributed by atoms with E-state index in [1.807, 2.05) is 36.0 Å². The van der Waals surface area contributed by atoms with Crippen molar-refractivity contribution in [3.8, 4) is 5.75 Å². The first-order valence-electron chi connectivity index (χ1n) is 10.5. The van der Waals surface area contributed by atoms with Crippen molar-refractivity contribution in [3.63, 3.8) is 0 Å². The molecule has 0 radical (unpaired) electrons. The van der Waals surface area contributed by atoms with Crippen LogP contribution in [-0.2, 0) is 24.6 Å². The van der Waals surface area contributed by atoms with Gasteiger partial charge in [-0.3, -0.25) is 9.58 Å². The minimum absolute atomic E-state index is 0.0201. The third-order valence-electron chi connectivity index (χ3n) is 5.48. The molecule has 30 heavy (non-hydrogen) atoms. The molecule has 0 spiro atoms. The molecule has 0 unspecified atom stereocenters. The minimum atomic E-state index is 0.0201. The average Bonchev–Trinajstić information content (AvgIpc) is 3.15. The molecule has 1 aromatic heterocycles. The van der Waals surface area contributed by atoms with Crippen LogP contribution in [-0.4, -0.2) is 47.5 Å². The highest BCUT2D eigenvalue weighted by atomic mass is 35.5. The number of hydrogen-bond acceptors (Lipinski definition) is 4. The number of hydrogen-bond donors (Lipinski definition) is 0. The summed E-state index contributed by atoms with van der Waals surface area (Å²) in [6, 6.07) is 20.2. The molecule has 0 bridgehead atoms. The second-order valence-corrected chi connectivity index (χ2v) is 8.07. The number of ether oxygens (including phenoxy) is 2. The SMILES string of the molecule is Cn1nc([C@H]2CN(CCc3ccccc3)CCO2)cc1CCOc1ccc(Cl)cc1. The van der Waals surface area contributed by atoms with Crippen LogP contribution in [0.5, 0.6) is 5.75 Å². The zero-order chi connectivity index (χ0) is 20.8. The predicted molar refractivity (Wildman–Crippen MR) is 119 cm³/mol. The highest BCUT2D eigenvalue weighted by Gasteiger charge is 2.24. The van der Waals surface area contributed by atoms with Crippen molar-refractivity contribution in [1.29, 1.82) is 0 Å². The molecule has 2 heterocycles. The van der Waals surface area contributed by atoms with E-state index in [0.717, 1.165) is 56.2 Å². The fourth-order valence-corrected chi connectivity index (χ4v) is 3.87. The molecule has 1 fully saturated rings. The van der Waals surface area contributed by atoms with Crippen LogP contribution in [0.4, 0.5) is 0 Å². The molecule has 1 atom stereocenters. The Hall–Kier alpha value is -2.34. The van der Waals surface area contributed by atoms with E-state index in [0.29, 0.717) is 11.6 Å². The zero-order valence-electron chi connectivity index (χ0n) is 17.3. The Balaban J connectivity index is 1.29. The molecule has 1 aliphatic heterocycles. The highest BCUT2D eigenvalue weighted by Crippen LogP contribution is 2.23. The summed E-state index contributed by atoms with van der Waals surface area (Å²) in [5.74, 6) is 0.825. The lowest BCUT2D eigenvalue weighted by molar-refractivity contribution is -0.0318. The number of morpholine rings is 1. The topological polar surface area (TPSA) is 39.5 Å². The van der Waals surface area contributed by atoms with E-state index in [4.69, 9.17) is 26.2 Å². The van der Waals surface area contributed by atoms with Crippen LogP contribution in [0, 0.1) is 0 Å². The lowest BCUT2D eigenvalue weighted by Crippen LogP contribution is -2.39. The van der Waals surface area contributed by atoms with Gasteiger partial charge in [0, 0.05) is 43.8 Å². The summed E-state index contributed by atoms with van der Waals surface area (Å²) in [6.45, 7) is 4.22. The molecule has 0 N–H and O–H groups in total. The van der Waals surface area contributed by atoms with Crippen LogP contribution in [0.25, 0.3) is 0 Å². The Kier molecular flexibility index (Phi) is 7.05. The van der Waals surface area contributed by atoms with Gasteiger partial charge in [0.1, 0.15) is 11.9 Å². The zero-order valence-corrected chi connectivity index (χ0v) is 18.1. The van der Waals surface area contributed by atoms with Crippen molar-refractivity contribution in [2.75, 3.05) is 32.8 Å². The third-order valence-corrected chi connectivity index (χ3v) is 5.73. The Labute approximate surface area is 183 Å². The van der Waals surface area contributed by atoms with Crippen LogP contribution in [0.3, 0.4) is 0 Å². The van der Waals surface area contributed by atoms with Crippen LogP contribution in [0.1, 0.15) is 23.1 Å². The monoisotopic (exact) mass is 425 g/mol. The molecule has 1 saturated heterocycles. The molecule has 1 aliphatic rings. The van der Waals surface area contributed by atoms with Crippen LogP contribution >= 0.6 is 11.6 Å². The van der Waals surface area contributed by atoms with E-state index in [-0.39, 0.29) is 6.10 Å². The molecule has 0 amide bonds. The molecule has 0 saturated carbocycles. The van der Waals surface area contributed by atoms with Gasteiger partial charge in [0.2, 0.25) is 0 Å². The molecular weight excluding hydrogens is 398 g/mol. The first-order valence-corrected chi connectivity index (χ1v) is 10.8. The first kappa shape index (κ1) is 20.9. The Morgan fingerprint density at radius 2 is 1.90 bits per heavy atom. The van der Waals surface area contributed by atoms with Gasteiger partial charge in [-0.25, -0.2) is 0 Å². The molecule has 6 heteroatoms. The lowest BCUT2D eigenvalue weighted by atomic mass is 10.1. The number of nitrogens with zero attached hydrogens (tertiary/aromatic N) is 3. The molecule has 158 valence electrons. The molecule has 0 aliphatic carbocycles. The molecule has 5 nitrogen and oxygen atoms in total. The largest absolute Gasteiger partial charge is 0.493 e. The number of benzene rings is 2. The van der Waals surface area contributed by atoms with Gasteiger partial charge in [0.05, 0.1) is 18.9 Å². The van der Waals surface area contributed by atoms with Gasteiger partial charge in [-0.15, -0.1) is 0 Å². The van der Waals surface area contributed by atoms with Gasteiger partial charge < -0.3 is 9.47 Å². The maximum atomic E-state index is 6.04. The van der Waals surface area contributed by atoms with E-state index in [1.165, 1.54) is 5.56 Å². The maximum Gasteiger partial charge on any atom is 0.119 e. The van der Waals surface area contributed by atoms with Crippen LogP contribution < -0.4 is 4.74 Å². The third kappa shape index (κ3) is 5.63. The summed E-state index contributed by atoms with van der Waals surface area (Å²) in [7, 11) is 1.98. The number of rotatable bonds is 8. The van der Waals surface area contributed by atoms with Gasteiger partial charge in [-0.2, -0.15) is 5.10 Å². The number of halogens is 1. The van der Waals surface area contributed by atoms with Crippen molar-refractivity contribution in [1.82, 2.24) is 14.7 Å². The molecule has 2 aromatic carbocycles. The Morgan fingerprint density at radius 3 is 2.70 bits per heavy atom. The van der Waals surface area contributed by atoms with E-state index in [9.17, 15) is 0 Å². The van der Waals surface area contributed by atoms with Gasteiger partial charge in [-0.05, 0) is 42.3 Å². The van der Waals surface area contributed by atoms with Crippen LogP contribution in [0.15, 0.2) is 60.7 Å². The summed E-state index contributed by atoms with van der Waals surface area (Å²) in [5, 5.41) is 5.43. The van der Waals surface area contributed by atoms with Gasteiger partial charge in [-0.1, -0.05) is 41.9 Å². The van der Waals surface area contributed by atoms with E-state index < -0.39 is 0 Å². The first-order chi connectivity index (χ1) is 14.7. The van der Waals surface area contributed by atoms with E-state index in [1.54, 1.807) is 0 Å². The number of aromatic nitrogens is 2. The van der Waals surface area contributed by atoms with Gasteiger partial charge in [0.25, 0.3) is 0 Å². The van der Waals surface area contributed by atoms with Gasteiger partial charge >= 0.3 is 0 Å². The van der Waals surface area contributed by atoms with Crippen molar-refractivity contribution in [2.24, 2.45) is 7.05 Å². The predicted octanol–water partition coefficient (Wildman–Crippen LogP) is 4.31. The normalized spacial score (nSPS) is 17.2. The Morgan fingerprint density at radius 1 is 1.10 bits per heavy atom. The average molecular weight is 426 g/mol. The maximum absolute atomic E-state index is 6.04. The summed E-state index contributed by atoms with van der Waals surface area (Å²) in [6.07, 6.45) is 1.87. The number of aryl methyl sites for hydroxylation is 1. The van der Waals surface area contributed by atoms with E-state index in [2.05, 4.69) is 41.3 Å².